The average Bonchev–Trinajstić information content (AvgIpc) is 3.17. The minimum absolute atomic E-state index is 0.0552. The summed E-state index contributed by atoms with van der Waals surface area (Å²) in [7, 11) is -6.82. The number of ether oxygens (including phenoxy) is 1. The summed E-state index contributed by atoms with van der Waals surface area (Å²) in [5.41, 5.74) is 0. The highest BCUT2D eigenvalue weighted by Gasteiger charge is 2.40. The van der Waals surface area contributed by atoms with Crippen molar-refractivity contribution in [1.82, 2.24) is 4.31 Å². The molecule has 1 aromatic rings. The van der Waals surface area contributed by atoms with Gasteiger partial charge in [-0.3, -0.25) is 0 Å². The fourth-order valence-electron chi connectivity index (χ4n) is 2.96. The monoisotopic (exact) mass is 365 g/mol. The van der Waals surface area contributed by atoms with E-state index in [-0.39, 0.29) is 28.4 Å². The van der Waals surface area contributed by atoms with Gasteiger partial charge in [-0.15, -0.1) is 11.3 Å². The van der Waals surface area contributed by atoms with Gasteiger partial charge in [0.25, 0.3) is 10.0 Å². The Balaban J connectivity index is 1.89. The second-order valence-corrected chi connectivity index (χ2v) is 11.0. The van der Waals surface area contributed by atoms with Crippen molar-refractivity contribution in [3.05, 3.63) is 17.5 Å². The van der Waals surface area contributed by atoms with Crippen molar-refractivity contribution >= 4 is 31.2 Å². The van der Waals surface area contributed by atoms with Crippen LogP contribution >= 0.6 is 11.3 Å². The van der Waals surface area contributed by atoms with E-state index in [1.54, 1.807) is 17.5 Å². The topological polar surface area (TPSA) is 80.8 Å². The smallest absolute Gasteiger partial charge is 0.252 e. The zero-order valence-electron chi connectivity index (χ0n) is 12.0. The van der Waals surface area contributed by atoms with E-state index >= 15 is 0 Å². The summed E-state index contributed by atoms with van der Waals surface area (Å²) in [5, 5.41) is 1.71. The zero-order valence-corrected chi connectivity index (χ0v) is 14.5. The molecule has 3 rings (SSSR count). The maximum Gasteiger partial charge on any atom is 0.252 e. The Morgan fingerprint density at radius 3 is 2.73 bits per heavy atom. The molecule has 2 aliphatic rings. The lowest BCUT2D eigenvalue weighted by atomic mass is 10.2. The van der Waals surface area contributed by atoms with Gasteiger partial charge in [0, 0.05) is 19.2 Å². The number of hydrogen-bond acceptors (Lipinski definition) is 6. The third-order valence-electron chi connectivity index (χ3n) is 4.08. The molecule has 0 bridgehead atoms. The van der Waals surface area contributed by atoms with Gasteiger partial charge in [-0.05, 0) is 30.7 Å². The van der Waals surface area contributed by atoms with Crippen LogP contribution in [-0.4, -0.2) is 57.9 Å². The summed E-state index contributed by atoms with van der Waals surface area (Å²) in [5.74, 6) is -0.0377. The third-order valence-corrected chi connectivity index (χ3v) is 9.12. The summed E-state index contributed by atoms with van der Waals surface area (Å²) < 4.78 is 56.4. The van der Waals surface area contributed by atoms with Crippen molar-refractivity contribution in [3.63, 3.8) is 0 Å². The van der Waals surface area contributed by atoms with Crippen LogP contribution in [0.2, 0.25) is 0 Å². The fourth-order valence-corrected chi connectivity index (χ4v) is 7.59. The second-order valence-electron chi connectivity index (χ2n) is 5.70. The van der Waals surface area contributed by atoms with Gasteiger partial charge in [-0.2, -0.15) is 4.31 Å². The van der Waals surface area contributed by atoms with E-state index in [4.69, 9.17) is 4.74 Å². The minimum Gasteiger partial charge on any atom is -0.377 e. The number of thiophene rings is 1. The maximum atomic E-state index is 12.9. The molecule has 0 amide bonds. The highest BCUT2D eigenvalue weighted by Crippen LogP contribution is 2.29. The van der Waals surface area contributed by atoms with Gasteiger partial charge in [0.15, 0.2) is 9.84 Å². The van der Waals surface area contributed by atoms with E-state index in [1.165, 1.54) is 4.31 Å². The van der Waals surface area contributed by atoms with E-state index in [0.29, 0.717) is 13.0 Å². The van der Waals surface area contributed by atoms with Crippen molar-refractivity contribution in [1.29, 1.82) is 0 Å². The van der Waals surface area contributed by atoms with E-state index in [0.717, 1.165) is 24.2 Å². The zero-order chi connectivity index (χ0) is 15.8. The van der Waals surface area contributed by atoms with Crippen LogP contribution < -0.4 is 0 Å². The molecular formula is C13H19NO5S3. The fraction of sp³-hybridized carbons (Fsp3) is 0.692. The van der Waals surface area contributed by atoms with E-state index in [2.05, 4.69) is 0 Å². The third kappa shape index (κ3) is 3.38. The molecule has 0 unspecified atom stereocenters. The van der Waals surface area contributed by atoms with Crippen molar-refractivity contribution in [2.24, 2.45) is 0 Å². The number of nitrogens with zero attached hydrogens (tertiary/aromatic N) is 1. The number of sulfonamides is 1. The predicted molar refractivity (Wildman–Crippen MR) is 84.2 cm³/mol. The Kier molecular flexibility index (Phi) is 4.61. The van der Waals surface area contributed by atoms with Crippen LogP contribution in [0.5, 0.6) is 0 Å². The molecule has 0 spiro atoms. The Hall–Kier alpha value is -0.480. The minimum atomic E-state index is -3.67. The van der Waals surface area contributed by atoms with E-state index in [9.17, 15) is 16.8 Å². The first kappa shape index (κ1) is 16.4. The summed E-state index contributed by atoms with van der Waals surface area (Å²) in [6, 6.07) is 2.76. The Morgan fingerprint density at radius 1 is 1.36 bits per heavy atom. The molecule has 2 saturated heterocycles. The lowest BCUT2D eigenvalue weighted by Crippen LogP contribution is -2.44. The van der Waals surface area contributed by atoms with Gasteiger partial charge < -0.3 is 4.74 Å². The second kappa shape index (κ2) is 6.20. The Labute approximate surface area is 135 Å². The molecule has 2 aliphatic heterocycles. The molecule has 0 saturated carbocycles. The molecular weight excluding hydrogens is 346 g/mol. The first-order valence-corrected chi connectivity index (χ1v) is 11.4. The maximum absolute atomic E-state index is 12.9. The highest BCUT2D eigenvalue weighted by molar-refractivity contribution is 7.92. The summed E-state index contributed by atoms with van der Waals surface area (Å²) >= 11 is 1.15. The van der Waals surface area contributed by atoms with Crippen molar-refractivity contribution in [2.75, 3.05) is 24.7 Å². The highest BCUT2D eigenvalue weighted by atomic mass is 32.2. The molecule has 3 heterocycles. The number of hydrogen-bond donors (Lipinski definition) is 0. The molecule has 22 heavy (non-hydrogen) atoms. The van der Waals surface area contributed by atoms with E-state index in [1.807, 2.05) is 0 Å². The molecule has 0 N–H and O–H groups in total. The largest absolute Gasteiger partial charge is 0.377 e. The number of sulfone groups is 1. The molecule has 2 atom stereocenters. The normalized spacial score (nSPS) is 28.4. The molecule has 0 aliphatic carbocycles. The molecule has 0 aromatic carbocycles. The standard InChI is InChI=1S/C13H19NO5S3/c15-21(16)8-5-11(10-21)14(9-12-3-1-6-19-12)22(17,18)13-4-2-7-20-13/h2,4,7,11-12H,1,3,5-6,8-10H2/t11-,12+/m1/s1. The van der Waals surface area contributed by atoms with Crippen LogP contribution in [0.25, 0.3) is 0 Å². The van der Waals surface area contributed by atoms with Gasteiger partial charge in [-0.25, -0.2) is 16.8 Å². The molecule has 9 heteroatoms. The van der Waals surface area contributed by atoms with Crippen LogP contribution in [0.4, 0.5) is 0 Å². The van der Waals surface area contributed by atoms with Crippen LogP contribution in [0, 0.1) is 0 Å². The molecule has 0 radical (unpaired) electrons. The SMILES string of the molecule is O=S1(=O)CC[C@@H](N(C[C@@H]2CCCO2)S(=O)(=O)c2cccs2)C1. The molecule has 1 aromatic heterocycles. The van der Waals surface area contributed by atoms with Crippen molar-refractivity contribution in [3.8, 4) is 0 Å². The average molecular weight is 365 g/mol. The molecule has 124 valence electrons. The molecule has 6 nitrogen and oxygen atoms in total. The van der Waals surface area contributed by atoms with Crippen LogP contribution in [0.1, 0.15) is 19.3 Å². The number of rotatable bonds is 5. The van der Waals surface area contributed by atoms with Gasteiger partial charge >= 0.3 is 0 Å². The first-order chi connectivity index (χ1) is 10.4. The van der Waals surface area contributed by atoms with Gasteiger partial charge in [0.1, 0.15) is 4.21 Å². The predicted octanol–water partition coefficient (Wildman–Crippen LogP) is 1.10. The first-order valence-electron chi connectivity index (χ1n) is 7.26. The quantitative estimate of drug-likeness (QED) is 0.781. The van der Waals surface area contributed by atoms with Crippen molar-refractivity contribution in [2.45, 2.75) is 35.6 Å². The summed E-state index contributed by atoms with van der Waals surface area (Å²) in [6.07, 6.45) is 1.95. The van der Waals surface area contributed by atoms with E-state index < -0.39 is 25.9 Å². The summed E-state index contributed by atoms with van der Waals surface area (Å²) in [6.45, 7) is 0.876. The lowest BCUT2D eigenvalue weighted by molar-refractivity contribution is 0.0877. The lowest BCUT2D eigenvalue weighted by Gasteiger charge is -2.28. The van der Waals surface area contributed by atoms with Crippen LogP contribution in [-0.2, 0) is 24.6 Å². The van der Waals surface area contributed by atoms with Crippen LogP contribution in [0.15, 0.2) is 21.7 Å². The molecule has 2 fully saturated rings. The van der Waals surface area contributed by atoms with Gasteiger partial charge in [-0.1, -0.05) is 6.07 Å². The van der Waals surface area contributed by atoms with Crippen LogP contribution in [0.3, 0.4) is 0 Å². The Morgan fingerprint density at radius 2 is 2.18 bits per heavy atom. The van der Waals surface area contributed by atoms with Gasteiger partial charge in [0.05, 0.1) is 17.6 Å². The summed E-state index contributed by atoms with van der Waals surface area (Å²) in [4.78, 5) is 0. The van der Waals surface area contributed by atoms with Gasteiger partial charge in [0.2, 0.25) is 0 Å². The Bertz CT molecular complexity index is 705. The van der Waals surface area contributed by atoms with Crippen molar-refractivity contribution < 1.29 is 21.6 Å².